The van der Waals surface area contributed by atoms with Gasteiger partial charge in [-0.25, -0.2) is 0 Å². The zero-order valence-electron chi connectivity index (χ0n) is 17.4. The summed E-state index contributed by atoms with van der Waals surface area (Å²) in [7, 11) is 0. The molecule has 158 valence electrons. The van der Waals surface area contributed by atoms with Crippen LogP contribution in [-0.2, 0) is 17.9 Å². The number of carbonyl (C=O) groups is 3. The van der Waals surface area contributed by atoms with Gasteiger partial charge in [0.1, 0.15) is 11.7 Å². The molecule has 2 aliphatic rings. The fourth-order valence-electron chi connectivity index (χ4n) is 3.62. The van der Waals surface area contributed by atoms with Crippen LogP contribution < -0.4 is 10.6 Å². The third-order valence-electron chi connectivity index (χ3n) is 5.44. The standard InChI is InChI=1S/C22H27N5O3/c1-14-5-3-6-16(11-14)13-26-9-4-10-27-19(22(26)30)12-18(25-27)21(29)23-15(2)20(28)24-17-7-8-17/h3,5-6,11-12,15,17H,4,7-10,13H2,1-2H3,(H,23,29)(H,24,28). The van der Waals surface area contributed by atoms with E-state index < -0.39 is 11.9 Å². The predicted octanol–water partition coefficient (Wildman–Crippen LogP) is 1.63. The van der Waals surface area contributed by atoms with E-state index in [1.807, 2.05) is 25.1 Å². The molecule has 0 radical (unpaired) electrons. The van der Waals surface area contributed by atoms with Crippen molar-refractivity contribution in [2.24, 2.45) is 0 Å². The maximum atomic E-state index is 13.1. The molecular formula is C22H27N5O3. The van der Waals surface area contributed by atoms with Crippen molar-refractivity contribution in [2.75, 3.05) is 6.54 Å². The predicted molar refractivity (Wildman–Crippen MR) is 111 cm³/mol. The minimum Gasteiger partial charge on any atom is -0.352 e. The van der Waals surface area contributed by atoms with Crippen LogP contribution in [0.15, 0.2) is 30.3 Å². The number of nitrogens with zero attached hydrogens (tertiary/aromatic N) is 3. The molecule has 1 unspecified atom stereocenters. The van der Waals surface area contributed by atoms with E-state index in [2.05, 4.69) is 21.8 Å². The van der Waals surface area contributed by atoms with Gasteiger partial charge in [-0.3, -0.25) is 19.1 Å². The van der Waals surface area contributed by atoms with Crippen LogP contribution in [0.4, 0.5) is 0 Å². The Morgan fingerprint density at radius 2 is 2.03 bits per heavy atom. The lowest BCUT2D eigenvalue weighted by molar-refractivity contribution is -0.122. The second-order valence-electron chi connectivity index (χ2n) is 8.19. The number of amides is 3. The lowest BCUT2D eigenvalue weighted by Crippen LogP contribution is -2.45. The molecule has 1 aromatic heterocycles. The molecule has 2 heterocycles. The normalized spacial score (nSPS) is 17.1. The summed E-state index contributed by atoms with van der Waals surface area (Å²) in [5.74, 6) is -0.792. The van der Waals surface area contributed by atoms with Crippen molar-refractivity contribution in [2.45, 2.75) is 58.3 Å². The zero-order valence-corrected chi connectivity index (χ0v) is 17.4. The van der Waals surface area contributed by atoms with Gasteiger partial charge in [0.25, 0.3) is 11.8 Å². The van der Waals surface area contributed by atoms with E-state index in [0.717, 1.165) is 30.4 Å². The number of fused-ring (bicyclic) bond motifs is 1. The summed E-state index contributed by atoms with van der Waals surface area (Å²) in [6, 6.07) is 9.20. The lowest BCUT2D eigenvalue weighted by atomic mass is 10.1. The number of hydrogen-bond acceptors (Lipinski definition) is 4. The number of rotatable bonds is 6. The molecule has 1 aliphatic heterocycles. The van der Waals surface area contributed by atoms with E-state index in [4.69, 9.17) is 0 Å². The number of aryl methyl sites for hydroxylation is 2. The first kappa shape index (κ1) is 20.1. The fraction of sp³-hybridized carbons (Fsp3) is 0.455. The Labute approximate surface area is 175 Å². The SMILES string of the molecule is Cc1cccc(CN2CCCn3nc(C(=O)NC(C)C(=O)NC4CC4)cc3C2=O)c1. The Hall–Kier alpha value is -3.16. The van der Waals surface area contributed by atoms with Gasteiger partial charge < -0.3 is 15.5 Å². The van der Waals surface area contributed by atoms with Crippen LogP contribution in [0.5, 0.6) is 0 Å². The maximum Gasteiger partial charge on any atom is 0.272 e. The van der Waals surface area contributed by atoms with Crippen molar-refractivity contribution < 1.29 is 14.4 Å². The maximum absolute atomic E-state index is 13.1. The van der Waals surface area contributed by atoms with Gasteiger partial charge in [-0.2, -0.15) is 5.10 Å². The molecule has 1 fully saturated rings. The Morgan fingerprint density at radius 3 is 2.77 bits per heavy atom. The highest BCUT2D eigenvalue weighted by atomic mass is 16.2. The lowest BCUT2D eigenvalue weighted by Gasteiger charge is -2.20. The highest BCUT2D eigenvalue weighted by Crippen LogP contribution is 2.19. The van der Waals surface area contributed by atoms with Crippen LogP contribution in [0.2, 0.25) is 0 Å². The van der Waals surface area contributed by atoms with Gasteiger partial charge >= 0.3 is 0 Å². The Bertz CT molecular complexity index is 979. The topological polar surface area (TPSA) is 96.3 Å². The Kier molecular flexibility index (Phi) is 5.57. The molecule has 1 aliphatic carbocycles. The molecule has 0 bridgehead atoms. The number of aromatic nitrogens is 2. The van der Waals surface area contributed by atoms with Gasteiger partial charge in [0, 0.05) is 31.7 Å². The van der Waals surface area contributed by atoms with E-state index in [9.17, 15) is 14.4 Å². The van der Waals surface area contributed by atoms with Crippen molar-refractivity contribution in [3.05, 3.63) is 52.8 Å². The average Bonchev–Trinajstić information content (AvgIpc) is 3.44. The van der Waals surface area contributed by atoms with Crippen molar-refractivity contribution in [3.8, 4) is 0 Å². The number of carbonyl (C=O) groups excluding carboxylic acids is 3. The largest absolute Gasteiger partial charge is 0.352 e. The highest BCUT2D eigenvalue weighted by Gasteiger charge is 2.29. The molecule has 2 aromatic rings. The van der Waals surface area contributed by atoms with Gasteiger partial charge in [0.05, 0.1) is 0 Å². The summed E-state index contributed by atoms with van der Waals surface area (Å²) in [4.78, 5) is 39.6. The molecule has 3 amide bonds. The smallest absolute Gasteiger partial charge is 0.272 e. The first-order valence-corrected chi connectivity index (χ1v) is 10.4. The van der Waals surface area contributed by atoms with Crippen molar-refractivity contribution in [1.82, 2.24) is 25.3 Å². The van der Waals surface area contributed by atoms with E-state index in [1.165, 1.54) is 6.07 Å². The second-order valence-corrected chi connectivity index (χ2v) is 8.19. The first-order chi connectivity index (χ1) is 14.4. The molecule has 1 aromatic carbocycles. The molecule has 1 saturated carbocycles. The summed E-state index contributed by atoms with van der Waals surface area (Å²) in [6.45, 7) is 5.39. The molecule has 1 atom stereocenters. The molecule has 30 heavy (non-hydrogen) atoms. The van der Waals surface area contributed by atoms with Crippen LogP contribution in [0.3, 0.4) is 0 Å². The zero-order chi connectivity index (χ0) is 21.3. The van der Waals surface area contributed by atoms with E-state index in [0.29, 0.717) is 25.3 Å². The summed E-state index contributed by atoms with van der Waals surface area (Å²) < 4.78 is 1.60. The third-order valence-corrected chi connectivity index (χ3v) is 5.44. The van der Waals surface area contributed by atoms with E-state index >= 15 is 0 Å². The molecule has 4 rings (SSSR count). The summed E-state index contributed by atoms with van der Waals surface area (Å²) in [6.07, 6.45) is 2.73. The van der Waals surface area contributed by atoms with Crippen LogP contribution >= 0.6 is 0 Å². The van der Waals surface area contributed by atoms with Gasteiger partial charge in [0.2, 0.25) is 5.91 Å². The van der Waals surface area contributed by atoms with Gasteiger partial charge in [0.15, 0.2) is 5.69 Å². The van der Waals surface area contributed by atoms with Gasteiger partial charge in [-0.1, -0.05) is 29.8 Å². The Morgan fingerprint density at radius 1 is 1.23 bits per heavy atom. The summed E-state index contributed by atoms with van der Waals surface area (Å²) in [5.41, 5.74) is 2.78. The van der Waals surface area contributed by atoms with Gasteiger partial charge in [-0.15, -0.1) is 0 Å². The molecule has 0 spiro atoms. The molecule has 0 saturated heterocycles. The Balaban J connectivity index is 1.45. The average molecular weight is 409 g/mol. The quantitative estimate of drug-likeness (QED) is 0.758. The van der Waals surface area contributed by atoms with Crippen LogP contribution in [0.25, 0.3) is 0 Å². The highest BCUT2D eigenvalue weighted by molar-refractivity contribution is 5.99. The minimum atomic E-state index is -0.659. The van der Waals surface area contributed by atoms with E-state index in [1.54, 1.807) is 16.5 Å². The third kappa shape index (κ3) is 4.53. The second kappa shape index (κ2) is 8.30. The van der Waals surface area contributed by atoms with Crippen molar-refractivity contribution in [3.63, 3.8) is 0 Å². The van der Waals surface area contributed by atoms with Crippen LogP contribution in [0.1, 0.15) is 58.3 Å². The number of hydrogen-bond donors (Lipinski definition) is 2. The molecule has 8 heteroatoms. The molecular weight excluding hydrogens is 382 g/mol. The van der Waals surface area contributed by atoms with E-state index in [-0.39, 0.29) is 23.6 Å². The van der Waals surface area contributed by atoms with Crippen molar-refractivity contribution in [1.29, 1.82) is 0 Å². The monoisotopic (exact) mass is 409 g/mol. The summed E-state index contributed by atoms with van der Waals surface area (Å²) >= 11 is 0. The fourth-order valence-corrected chi connectivity index (χ4v) is 3.62. The molecule has 2 N–H and O–H groups in total. The minimum absolute atomic E-state index is 0.139. The van der Waals surface area contributed by atoms with Crippen molar-refractivity contribution >= 4 is 17.7 Å². The first-order valence-electron chi connectivity index (χ1n) is 10.4. The molecule has 8 nitrogen and oxygen atoms in total. The van der Waals surface area contributed by atoms with Crippen LogP contribution in [0, 0.1) is 6.92 Å². The van der Waals surface area contributed by atoms with Crippen LogP contribution in [-0.4, -0.2) is 51.0 Å². The summed E-state index contributed by atoms with van der Waals surface area (Å²) in [5, 5.41) is 9.87. The van der Waals surface area contributed by atoms with Gasteiger partial charge in [-0.05, 0) is 38.7 Å². The number of nitrogens with one attached hydrogen (secondary N) is 2. The number of benzene rings is 1.